The number of nitrogens with zero attached hydrogens (tertiary/aromatic N) is 7. The molecule has 0 N–H and O–H groups in total. The molecule has 4 aliphatic heterocycles. The molecule has 0 saturated heterocycles. The molecule has 44 heavy (non-hydrogen) atoms. The monoisotopic (exact) mass is 563 g/mol. The van der Waals surface area contributed by atoms with E-state index in [1.54, 1.807) is 0 Å². The third-order valence-corrected chi connectivity index (χ3v) is 9.69. The maximum atomic E-state index is 5.49. The minimum absolute atomic E-state index is 0.912. The highest BCUT2D eigenvalue weighted by Gasteiger charge is 2.60. The van der Waals surface area contributed by atoms with E-state index < -0.39 is 6.69 Å². The standard InChI is InChI=1S/C36H22BN7/c1-3-13-23(14-4-1)41(24-15-5-2-6-16-24)37-42-31-25-17-7-8-18-26(25)32(42)39-34-29-21-11-12-22-30(29)36(44(34)37)40-35-28-20-10-9-19-27(28)33(38-31)43(35)37/h1-22H. The fourth-order valence-corrected chi connectivity index (χ4v) is 8.09. The Kier molecular flexibility index (Phi) is 3.94. The summed E-state index contributed by atoms with van der Waals surface area (Å²) in [5.41, 5.74) is 6.15. The minimum atomic E-state index is -2.09. The van der Waals surface area contributed by atoms with Crippen molar-refractivity contribution in [2.24, 2.45) is 15.0 Å². The molecule has 7 nitrogen and oxygen atoms in total. The average molecular weight is 563 g/mol. The lowest BCUT2D eigenvalue weighted by atomic mass is 9.65. The van der Waals surface area contributed by atoms with Crippen LogP contribution in [0.1, 0.15) is 11.1 Å². The zero-order valence-electron chi connectivity index (χ0n) is 23.4. The van der Waals surface area contributed by atoms with Crippen molar-refractivity contribution in [3.05, 3.63) is 156 Å². The second kappa shape index (κ2) is 7.68. The lowest BCUT2D eigenvalue weighted by molar-refractivity contribution is -0.271. The van der Waals surface area contributed by atoms with E-state index in [0.29, 0.717) is 0 Å². The average Bonchev–Trinajstić information content (AvgIpc) is 3.71. The Morgan fingerprint density at radius 1 is 0.477 bits per heavy atom. The van der Waals surface area contributed by atoms with Gasteiger partial charge in [0.05, 0.1) is 11.1 Å². The number of hydrogen-bond acceptors (Lipinski definition) is 4. The van der Waals surface area contributed by atoms with E-state index in [2.05, 4.69) is 152 Å². The Morgan fingerprint density at radius 2 is 0.977 bits per heavy atom. The maximum Gasteiger partial charge on any atom is 0.481 e. The number of para-hydroxylation sites is 2. The highest BCUT2D eigenvalue weighted by molar-refractivity contribution is 6.78. The second-order valence-corrected chi connectivity index (χ2v) is 11.8. The van der Waals surface area contributed by atoms with E-state index in [1.165, 1.54) is 0 Å². The number of amidine groups is 2. The summed E-state index contributed by atoms with van der Waals surface area (Å²) in [6.45, 7) is -2.09. The first kappa shape index (κ1) is 22.6. The molecule has 0 fully saturated rings. The smallest absolute Gasteiger partial charge is 0.445 e. The molecular formula is C36H22BN7. The molecular weight excluding hydrogens is 541 g/mol. The van der Waals surface area contributed by atoms with E-state index in [4.69, 9.17) is 15.0 Å². The van der Waals surface area contributed by atoms with Crippen molar-refractivity contribution in [2.45, 2.75) is 0 Å². The van der Waals surface area contributed by atoms with Crippen LogP contribution in [0, 0.1) is 0 Å². The van der Waals surface area contributed by atoms with Crippen LogP contribution in [0.4, 0.5) is 23.0 Å². The van der Waals surface area contributed by atoms with Crippen molar-refractivity contribution in [1.82, 2.24) is 8.96 Å². The van der Waals surface area contributed by atoms with Gasteiger partial charge >= 0.3 is 6.69 Å². The van der Waals surface area contributed by atoms with E-state index in [-0.39, 0.29) is 0 Å². The van der Waals surface area contributed by atoms with Crippen LogP contribution < -0.4 is 15.8 Å². The zero-order valence-corrected chi connectivity index (χ0v) is 23.4. The van der Waals surface area contributed by atoms with Gasteiger partial charge in [-0.05, 0) is 48.5 Å². The highest BCUT2D eigenvalue weighted by Crippen LogP contribution is 2.49. The largest absolute Gasteiger partial charge is 0.481 e. The summed E-state index contributed by atoms with van der Waals surface area (Å²) in [4.78, 5) is 19.0. The van der Waals surface area contributed by atoms with Crippen LogP contribution in [-0.4, -0.2) is 31.8 Å². The topological polar surface area (TPSA) is 53.2 Å². The van der Waals surface area contributed by atoms with Crippen LogP contribution in [0.25, 0.3) is 21.5 Å². The van der Waals surface area contributed by atoms with Crippen molar-refractivity contribution in [3.8, 4) is 0 Å². The van der Waals surface area contributed by atoms with E-state index in [1.807, 2.05) is 0 Å². The number of hydrogen-bond donors (Lipinski definition) is 0. The molecule has 11 rings (SSSR count). The fraction of sp³-hybridized carbons (Fsp3) is 0. The predicted molar refractivity (Wildman–Crippen MR) is 174 cm³/mol. The molecule has 1 atom stereocenters. The summed E-state index contributed by atoms with van der Waals surface area (Å²) in [6.07, 6.45) is 0. The van der Waals surface area contributed by atoms with Crippen molar-refractivity contribution >= 4 is 62.9 Å². The third kappa shape index (κ3) is 2.42. The van der Waals surface area contributed by atoms with E-state index in [9.17, 15) is 0 Å². The van der Waals surface area contributed by atoms with Crippen LogP contribution in [0.2, 0.25) is 0 Å². The summed E-state index contributed by atoms with van der Waals surface area (Å²) in [5, 5.41) is 4.35. The van der Waals surface area contributed by atoms with Crippen LogP contribution >= 0.6 is 0 Å². The second-order valence-electron chi connectivity index (χ2n) is 11.8. The number of anilines is 2. The zero-order chi connectivity index (χ0) is 28.6. The van der Waals surface area contributed by atoms with Crippen LogP contribution in [0.3, 0.4) is 0 Å². The molecule has 1 unspecified atom stereocenters. The molecule has 0 amide bonds. The number of rotatable bonds is 3. The number of fused-ring (bicyclic) bond motifs is 9. The Hall–Kier alpha value is -6.02. The van der Waals surface area contributed by atoms with Crippen LogP contribution in [0.15, 0.2) is 148 Å². The van der Waals surface area contributed by atoms with E-state index in [0.717, 1.165) is 78.3 Å². The maximum absolute atomic E-state index is 5.49. The SMILES string of the molecule is c1ccc(N(c2ccccc2)[B-]23n4c5c6ccccc6c4N=c4c6ccccc6c(n42)=NC2=[N+]3C(=N5)c3ccccc32)cc1. The summed E-state index contributed by atoms with van der Waals surface area (Å²) in [7, 11) is 0. The lowest BCUT2D eigenvalue weighted by Gasteiger charge is -2.55. The quantitative estimate of drug-likeness (QED) is 0.243. The van der Waals surface area contributed by atoms with Crippen LogP contribution in [-0.2, 0) is 0 Å². The molecule has 0 saturated carbocycles. The van der Waals surface area contributed by atoms with Crippen molar-refractivity contribution in [3.63, 3.8) is 0 Å². The molecule has 5 aromatic carbocycles. The lowest BCUT2D eigenvalue weighted by Crippen LogP contribution is -2.79. The molecule has 0 spiro atoms. The summed E-state index contributed by atoms with van der Waals surface area (Å²) in [5.74, 6) is 3.65. The molecule has 8 heteroatoms. The number of aliphatic imine (C=N–C) groups is 1. The molecule has 2 aromatic heterocycles. The van der Waals surface area contributed by atoms with Gasteiger partial charge in [-0.25, -0.2) is 4.99 Å². The summed E-state index contributed by atoms with van der Waals surface area (Å²) >= 11 is 0. The van der Waals surface area contributed by atoms with Gasteiger partial charge in [-0.3, -0.25) is 0 Å². The fourth-order valence-electron chi connectivity index (χ4n) is 8.09. The first-order chi connectivity index (χ1) is 21.9. The number of benzene rings is 5. The summed E-state index contributed by atoms with van der Waals surface area (Å²) < 4.78 is 7.22. The molecule has 0 bridgehead atoms. The van der Waals surface area contributed by atoms with Crippen LogP contribution in [0.5, 0.6) is 0 Å². The van der Waals surface area contributed by atoms with Gasteiger partial charge in [0, 0.05) is 32.9 Å². The normalized spacial score (nSPS) is 18.0. The molecule has 7 aromatic rings. The molecule has 4 aliphatic rings. The van der Waals surface area contributed by atoms with Gasteiger partial charge in [-0.15, -0.1) is 0 Å². The Bertz CT molecular complexity index is 2570. The van der Waals surface area contributed by atoms with E-state index >= 15 is 0 Å². The van der Waals surface area contributed by atoms with Gasteiger partial charge in [0.25, 0.3) is 0 Å². The molecule has 204 valence electrons. The Morgan fingerprint density at radius 3 is 1.61 bits per heavy atom. The van der Waals surface area contributed by atoms with Gasteiger partial charge in [0.15, 0.2) is 11.3 Å². The Balaban J connectivity index is 1.48. The first-order valence-electron chi connectivity index (χ1n) is 15.0. The van der Waals surface area contributed by atoms with Gasteiger partial charge < -0.3 is 18.3 Å². The summed E-state index contributed by atoms with van der Waals surface area (Å²) in [6, 6.07) is 47.1. The minimum Gasteiger partial charge on any atom is -0.445 e. The molecule has 6 heterocycles. The predicted octanol–water partition coefficient (Wildman–Crippen LogP) is 6.03. The van der Waals surface area contributed by atoms with Crippen molar-refractivity contribution in [1.29, 1.82) is 0 Å². The highest BCUT2D eigenvalue weighted by atomic mass is 15.5. The number of aromatic nitrogens is 2. The molecule has 0 radical (unpaired) electrons. The van der Waals surface area contributed by atoms with Gasteiger partial charge in [0.2, 0.25) is 11.7 Å². The van der Waals surface area contributed by atoms with Gasteiger partial charge in [-0.2, -0.15) is 0 Å². The van der Waals surface area contributed by atoms with Gasteiger partial charge in [-0.1, -0.05) is 94.9 Å². The third-order valence-electron chi connectivity index (χ3n) is 9.69. The van der Waals surface area contributed by atoms with Gasteiger partial charge in [0.1, 0.15) is 11.3 Å². The Labute approximate surface area is 251 Å². The van der Waals surface area contributed by atoms with Crippen molar-refractivity contribution < 1.29 is 4.49 Å². The molecule has 0 aliphatic carbocycles. The van der Waals surface area contributed by atoms with Crippen molar-refractivity contribution in [2.75, 3.05) is 4.81 Å². The first-order valence-corrected chi connectivity index (χ1v) is 15.0.